The summed E-state index contributed by atoms with van der Waals surface area (Å²) in [6.07, 6.45) is 4.05. The van der Waals surface area contributed by atoms with Gasteiger partial charge in [0.2, 0.25) is 0 Å². The third-order valence-electron chi connectivity index (χ3n) is 5.19. The fourth-order valence-electron chi connectivity index (χ4n) is 3.23. The number of rotatable bonds is 6. The molecule has 1 saturated carbocycles. The Morgan fingerprint density at radius 3 is 2.54 bits per heavy atom. The van der Waals surface area contributed by atoms with Crippen molar-refractivity contribution in [3.63, 3.8) is 0 Å². The molecule has 0 bridgehead atoms. The van der Waals surface area contributed by atoms with Crippen molar-refractivity contribution in [2.75, 3.05) is 13.6 Å². The number of carbonyl (C=O) groups excluding carboxylic acids is 3. The molecule has 24 heavy (non-hydrogen) atoms. The van der Waals surface area contributed by atoms with Gasteiger partial charge in [-0.3, -0.25) is 19.3 Å². The number of nitrogens with zero attached hydrogens (tertiary/aromatic N) is 2. The molecule has 1 fully saturated rings. The molecule has 1 aliphatic carbocycles. The lowest BCUT2D eigenvalue weighted by Gasteiger charge is -2.25. The SMILES string of the molecule is CCCCN1C(=O)c2ccc(C(=O)N(C)C(C)C3CC3)cc2C1=O. The number of fused-ring (bicyclic) bond motifs is 1. The molecule has 0 saturated heterocycles. The number of carbonyl (C=O) groups is 3. The largest absolute Gasteiger partial charge is 0.339 e. The molecule has 0 aromatic heterocycles. The lowest BCUT2D eigenvalue weighted by molar-refractivity contribution is 0.0651. The normalized spacial score (nSPS) is 17.9. The zero-order valence-corrected chi connectivity index (χ0v) is 14.5. The fraction of sp³-hybridized carbons (Fsp3) is 0.526. The number of imide groups is 1. The average molecular weight is 328 g/mol. The first-order chi connectivity index (χ1) is 11.5. The van der Waals surface area contributed by atoms with Gasteiger partial charge in [0.05, 0.1) is 11.1 Å². The highest BCUT2D eigenvalue weighted by Gasteiger charge is 2.37. The van der Waals surface area contributed by atoms with Crippen molar-refractivity contribution in [3.05, 3.63) is 34.9 Å². The highest BCUT2D eigenvalue weighted by atomic mass is 16.2. The maximum Gasteiger partial charge on any atom is 0.261 e. The van der Waals surface area contributed by atoms with Crippen molar-refractivity contribution in [2.45, 2.75) is 45.6 Å². The lowest BCUT2D eigenvalue weighted by Crippen LogP contribution is -2.36. The van der Waals surface area contributed by atoms with Gasteiger partial charge < -0.3 is 4.90 Å². The summed E-state index contributed by atoms with van der Waals surface area (Å²) in [5, 5.41) is 0. The second-order valence-electron chi connectivity index (χ2n) is 6.87. The Morgan fingerprint density at radius 1 is 1.25 bits per heavy atom. The fourth-order valence-corrected chi connectivity index (χ4v) is 3.23. The van der Waals surface area contributed by atoms with Crippen LogP contribution in [0.15, 0.2) is 18.2 Å². The summed E-state index contributed by atoms with van der Waals surface area (Å²) < 4.78 is 0. The van der Waals surface area contributed by atoms with Crippen molar-refractivity contribution in [2.24, 2.45) is 5.92 Å². The Morgan fingerprint density at radius 2 is 1.92 bits per heavy atom. The van der Waals surface area contributed by atoms with E-state index in [1.807, 2.05) is 6.92 Å². The minimum Gasteiger partial charge on any atom is -0.339 e. The summed E-state index contributed by atoms with van der Waals surface area (Å²) in [6, 6.07) is 5.06. The van der Waals surface area contributed by atoms with Crippen LogP contribution in [0.3, 0.4) is 0 Å². The first kappa shape index (κ1) is 16.7. The first-order valence-corrected chi connectivity index (χ1v) is 8.73. The van der Waals surface area contributed by atoms with Crippen LogP contribution < -0.4 is 0 Å². The minimum absolute atomic E-state index is 0.0931. The highest BCUT2D eigenvalue weighted by molar-refractivity contribution is 6.22. The molecule has 1 unspecified atom stereocenters. The number of hydrogen-bond donors (Lipinski definition) is 0. The van der Waals surface area contributed by atoms with Crippen LogP contribution in [-0.4, -0.2) is 47.2 Å². The predicted molar refractivity (Wildman–Crippen MR) is 91.0 cm³/mol. The van der Waals surface area contributed by atoms with Crippen LogP contribution in [0.4, 0.5) is 0 Å². The quantitative estimate of drug-likeness (QED) is 0.754. The molecule has 1 atom stereocenters. The molecule has 3 rings (SSSR count). The van der Waals surface area contributed by atoms with E-state index in [9.17, 15) is 14.4 Å². The summed E-state index contributed by atoms with van der Waals surface area (Å²) >= 11 is 0. The summed E-state index contributed by atoms with van der Waals surface area (Å²) in [4.78, 5) is 40.5. The summed E-state index contributed by atoms with van der Waals surface area (Å²) in [5.41, 5.74) is 1.24. The van der Waals surface area contributed by atoms with Crippen LogP contribution >= 0.6 is 0 Å². The number of hydrogen-bond acceptors (Lipinski definition) is 3. The van der Waals surface area contributed by atoms with Crippen LogP contribution in [-0.2, 0) is 0 Å². The summed E-state index contributed by atoms with van der Waals surface area (Å²) in [5.74, 6) is -0.0382. The van der Waals surface area contributed by atoms with E-state index in [1.165, 1.54) is 17.7 Å². The van der Waals surface area contributed by atoms with Gasteiger partial charge >= 0.3 is 0 Å². The van der Waals surface area contributed by atoms with E-state index in [2.05, 4.69) is 6.92 Å². The van der Waals surface area contributed by atoms with Crippen molar-refractivity contribution >= 4 is 17.7 Å². The van der Waals surface area contributed by atoms with E-state index in [1.54, 1.807) is 30.1 Å². The molecule has 1 aliphatic heterocycles. The molecular weight excluding hydrogens is 304 g/mol. The Balaban J connectivity index is 1.82. The number of benzene rings is 1. The van der Waals surface area contributed by atoms with Crippen LogP contribution in [0, 0.1) is 5.92 Å². The third kappa shape index (κ3) is 2.83. The molecule has 0 N–H and O–H groups in total. The van der Waals surface area contributed by atoms with Crippen LogP contribution in [0.25, 0.3) is 0 Å². The van der Waals surface area contributed by atoms with Crippen molar-refractivity contribution in [3.8, 4) is 0 Å². The highest BCUT2D eigenvalue weighted by Crippen LogP contribution is 2.35. The van der Waals surface area contributed by atoms with Crippen molar-refractivity contribution in [1.29, 1.82) is 0 Å². The van der Waals surface area contributed by atoms with Crippen molar-refractivity contribution < 1.29 is 14.4 Å². The third-order valence-corrected chi connectivity index (χ3v) is 5.19. The van der Waals surface area contributed by atoms with Gasteiger partial charge in [-0.25, -0.2) is 0 Å². The zero-order chi connectivity index (χ0) is 17.4. The second kappa shape index (κ2) is 6.38. The molecular formula is C19H24N2O3. The first-order valence-electron chi connectivity index (χ1n) is 8.73. The molecule has 0 radical (unpaired) electrons. The molecule has 5 heteroatoms. The smallest absolute Gasteiger partial charge is 0.261 e. The standard InChI is InChI=1S/C19H24N2O3/c1-4-5-10-21-18(23)15-9-8-14(11-16(15)19(21)24)17(22)20(3)12(2)13-6-7-13/h8-9,11-13H,4-7,10H2,1-3H3. The average Bonchev–Trinajstić information content (AvgIpc) is 3.41. The Bertz CT molecular complexity index is 694. The maximum absolute atomic E-state index is 12.7. The van der Waals surface area contributed by atoms with Crippen LogP contribution in [0.5, 0.6) is 0 Å². The van der Waals surface area contributed by atoms with Crippen molar-refractivity contribution in [1.82, 2.24) is 9.80 Å². The number of amides is 3. The van der Waals surface area contributed by atoms with Gasteiger partial charge in [-0.05, 0) is 50.3 Å². The second-order valence-corrected chi connectivity index (χ2v) is 6.87. The Labute approximate surface area is 142 Å². The lowest BCUT2D eigenvalue weighted by atomic mass is 10.0. The number of unbranched alkanes of at least 4 members (excludes halogenated alkanes) is 1. The van der Waals surface area contributed by atoms with E-state index in [4.69, 9.17) is 0 Å². The Hall–Kier alpha value is -2.17. The van der Waals surface area contributed by atoms with Gasteiger partial charge in [-0.15, -0.1) is 0 Å². The molecule has 1 heterocycles. The molecule has 5 nitrogen and oxygen atoms in total. The van der Waals surface area contributed by atoms with E-state index in [0.717, 1.165) is 12.8 Å². The van der Waals surface area contributed by atoms with Gasteiger partial charge in [0.1, 0.15) is 0 Å². The molecule has 1 aromatic carbocycles. The van der Waals surface area contributed by atoms with Crippen LogP contribution in [0.1, 0.15) is 70.6 Å². The molecule has 1 aromatic rings. The van der Waals surface area contributed by atoms with E-state index >= 15 is 0 Å². The van der Waals surface area contributed by atoms with Gasteiger partial charge in [0, 0.05) is 25.2 Å². The van der Waals surface area contributed by atoms with E-state index in [0.29, 0.717) is 29.2 Å². The molecule has 0 spiro atoms. The van der Waals surface area contributed by atoms with Gasteiger partial charge in [-0.1, -0.05) is 13.3 Å². The summed E-state index contributed by atoms with van der Waals surface area (Å²) in [6.45, 7) is 4.51. The van der Waals surface area contributed by atoms with E-state index in [-0.39, 0.29) is 23.8 Å². The zero-order valence-electron chi connectivity index (χ0n) is 14.5. The van der Waals surface area contributed by atoms with E-state index < -0.39 is 0 Å². The predicted octanol–water partition coefficient (Wildman–Crippen LogP) is 2.95. The van der Waals surface area contributed by atoms with Gasteiger partial charge in [0.15, 0.2) is 0 Å². The van der Waals surface area contributed by atoms with Gasteiger partial charge in [0.25, 0.3) is 17.7 Å². The summed E-state index contributed by atoms with van der Waals surface area (Å²) in [7, 11) is 1.80. The maximum atomic E-state index is 12.7. The molecule has 128 valence electrons. The van der Waals surface area contributed by atoms with Gasteiger partial charge in [-0.2, -0.15) is 0 Å². The minimum atomic E-state index is -0.281. The molecule has 2 aliphatic rings. The molecule has 3 amide bonds. The monoisotopic (exact) mass is 328 g/mol. The van der Waals surface area contributed by atoms with Crippen LogP contribution in [0.2, 0.25) is 0 Å². The topological polar surface area (TPSA) is 57.7 Å². The Kier molecular flexibility index (Phi) is 4.43.